The van der Waals surface area contributed by atoms with Gasteiger partial charge in [-0.2, -0.15) is 5.26 Å². The van der Waals surface area contributed by atoms with E-state index in [4.69, 9.17) is 21.6 Å². The molecule has 2 aromatic rings. The zero-order chi connectivity index (χ0) is 17.5. The third-order valence-electron chi connectivity index (χ3n) is 3.37. The number of aliphatic hydroxyl groups is 1. The van der Waals surface area contributed by atoms with Crippen LogP contribution >= 0.6 is 11.6 Å². The molecule has 124 valence electrons. The summed E-state index contributed by atoms with van der Waals surface area (Å²) in [7, 11) is 0. The molecule has 6 heteroatoms. The molecular formula is C18H17ClN2O3. The molecule has 0 aliphatic rings. The maximum absolute atomic E-state index is 12.1. The average molecular weight is 345 g/mol. The lowest BCUT2D eigenvalue weighted by Gasteiger charge is -2.17. The molecule has 0 aliphatic heterocycles. The van der Waals surface area contributed by atoms with Crippen LogP contribution in [0.5, 0.6) is 5.75 Å². The van der Waals surface area contributed by atoms with E-state index < -0.39 is 12.2 Å². The first-order valence-corrected chi connectivity index (χ1v) is 7.75. The van der Waals surface area contributed by atoms with Crippen molar-refractivity contribution >= 4 is 17.5 Å². The Balaban J connectivity index is 1.87. The van der Waals surface area contributed by atoms with Crippen molar-refractivity contribution in [2.24, 2.45) is 0 Å². The standard InChI is InChI=1S/C18H17ClN2O3/c1-12(24-16-4-2-3-13(9-16)10-20)18(23)21-11-17(22)14-5-7-15(19)8-6-14/h2-9,12,17,22H,11H2,1H3,(H,21,23). The number of nitrogens with one attached hydrogen (secondary N) is 1. The van der Waals surface area contributed by atoms with Crippen molar-refractivity contribution in [2.45, 2.75) is 19.1 Å². The third-order valence-corrected chi connectivity index (χ3v) is 3.62. The molecule has 0 saturated heterocycles. The summed E-state index contributed by atoms with van der Waals surface area (Å²) in [6.07, 6.45) is -1.59. The number of rotatable bonds is 6. The number of nitrogens with zero attached hydrogens (tertiary/aromatic N) is 1. The Labute approximate surface area is 145 Å². The minimum Gasteiger partial charge on any atom is -0.481 e. The molecule has 0 spiro atoms. The van der Waals surface area contributed by atoms with Crippen LogP contribution in [0.3, 0.4) is 0 Å². The van der Waals surface area contributed by atoms with Crippen LogP contribution in [-0.4, -0.2) is 23.7 Å². The molecule has 2 aromatic carbocycles. The van der Waals surface area contributed by atoms with E-state index in [2.05, 4.69) is 5.32 Å². The van der Waals surface area contributed by atoms with E-state index in [0.29, 0.717) is 21.9 Å². The van der Waals surface area contributed by atoms with Crippen molar-refractivity contribution in [1.29, 1.82) is 5.26 Å². The van der Waals surface area contributed by atoms with Crippen molar-refractivity contribution < 1.29 is 14.6 Å². The Morgan fingerprint density at radius 1 is 1.33 bits per heavy atom. The molecular weight excluding hydrogens is 328 g/mol. The van der Waals surface area contributed by atoms with E-state index in [1.807, 2.05) is 6.07 Å². The lowest BCUT2D eigenvalue weighted by Crippen LogP contribution is -2.38. The number of carbonyl (C=O) groups is 1. The summed E-state index contributed by atoms with van der Waals surface area (Å²) in [5, 5.41) is 22.1. The van der Waals surface area contributed by atoms with E-state index in [9.17, 15) is 9.90 Å². The van der Waals surface area contributed by atoms with Crippen molar-refractivity contribution in [3.05, 3.63) is 64.7 Å². The third kappa shape index (κ3) is 4.98. The second-order valence-corrected chi connectivity index (χ2v) is 5.65. The Hall–Kier alpha value is -2.55. The molecule has 0 bridgehead atoms. The van der Waals surface area contributed by atoms with E-state index >= 15 is 0 Å². The number of hydrogen-bond acceptors (Lipinski definition) is 4. The van der Waals surface area contributed by atoms with Crippen LogP contribution < -0.4 is 10.1 Å². The molecule has 0 radical (unpaired) electrons. The fourth-order valence-corrected chi connectivity index (χ4v) is 2.17. The highest BCUT2D eigenvalue weighted by Crippen LogP contribution is 2.16. The monoisotopic (exact) mass is 344 g/mol. The average Bonchev–Trinajstić information content (AvgIpc) is 2.60. The molecule has 0 heterocycles. The van der Waals surface area contributed by atoms with Crippen molar-refractivity contribution in [1.82, 2.24) is 5.32 Å². The topological polar surface area (TPSA) is 82.3 Å². The van der Waals surface area contributed by atoms with Gasteiger partial charge in [-0.05, 0) is 42.8 Å². The predicted molar refractivity (Wildman–Crippen MR) is 90.7 cm³/mol. The van der Waals surface area contributed by atoms with Gasteiger partial charge in [0.1, 0.15) is 5.75 Å². The van der Waals surface area contributed by atoms with Crippen LogP contribution in [0.15, 0.2) is 48.5 Å². The number of aliphatic hydroxyl groups excluding tert-OH is 1. The molecule has 2 N–H and O–H groups in total. The van der Waals surface area contributed by atoms with Gasteiger partial charge >= 0.3 is 0 Å². The zero-order valence-corrected chi connectivity index (χ0v) is 13.8. The molecule has 0 aliphatic carbocycles. The van der Waals surface area contributed by atoms with E-state index in [1.165, 1.54) is 0 Å². The highest BCUT2D eigenvalue weighted by molar-refractivity contribution is 6.30. The van der Waals surface area contributed by atoms with Crippen LogP contribution in [0.1, 0.15) is 24.2 Å². The molecule has 0 fully saturated rings. The minimum absolute atomic E-state index is 0.0619. The number of halogens is 1. The van der Waals surface area contributed by atoms with Gasteiger partial charge < -0.3 is 15.2 Å². The predicted octanol–water partition coefficient (Wildman–Crippen LogP) is 2.83. The fraction of sp³-hybridized carbons (Fsp3) is 0.222. The molecule has 24 heavy (non-hydrogen) atoms. The van der Waals surface area contributed by atoms with Crippen molar-refractivity contribution in [2.75, 3.05) is 6.54 Å². The highest BCUT2D eigenvalue weighted by Gasteiger charge is 2.16. The number of nitriles is 1. The summed E-state index contributed by atoms with van der Waals surface area (Å²) in [6, 6.07) is 15.3. The number of carbonyl (C=O) groups excluding carboxylic acids is 1. The first-order valence-electron chi connectivity index (χ1n) is 7.37. The minimum atomic E-state index is -0.833. The van der Waals surface area contributed by atoms with Gasteiger partial charge in [-0.3, -0.25) is 4.79 Å². The van der Waals surface area contributed by atoms with Gasteiger partial charge in [0.05, 0.1) is 17.7 Å². The van der Waals surface area contributed by atoms with Gasteiger partial charge in [0.2, 0.25) is 0 Å². The van der Waals surface area contributed by atoms with E-state index in [-0.39, 0.29) is 12.5 Å². The van der Waals surface area contributed by atoms with Crippen LogP contribution in [0.25, 0.3) is 0 Å². The number of hydrogen-bond donors (Lipinski definition) is 2. The highest BCUT2D eigenvalue weighted by atomic mass is 35.5. The van der Waals surface area contributed by atoms with Gasteiger partial charge in [0, 0.05) is 11.6 Å². The normalized spacial score (nSPS) is 12.8. The molecule has 2 unspecified atom stereocenters. The summed E-state index contributed by atoms with van der Waals surface area (Å²) in [5.74, 6) is 0.0836. The maximum Gasteiger partial charge on any atom is 0.260 e. The van der Waals surface area contributed by atoms with Crippen molar-refractivity contribution in [3.63, 3.8) is 0 Å². The van der Waals surface area contributed by atoms with Crippen LogP contribution in [0, 0.1) is 11.3 Å². The van der Waals surface area contributed by atoms with E-state index in [1.54, 1.807) is 55.5 Å². The second kappa shape index (κ2) is 8.34. The summed E-state index contributed by atoms with van der Waals surface area (Å²) in [6.45, 7) is 1.66. The molecule has 5 nitrogen and oxygen atoms in total. The van der Waals surface area contributed by atoms with Crippen LogP contribution in [0.4, 0.5) is 0 Å². The molecule has 0 aromatic heterocycles. The van der Waals surface area contributed by atoms with Gasteiger partial charge in [0.15, 0.2) is 6.10 Å². The summed E-state index contributed by atoms with van der Waals surface area (Å²) in [4.78, 5) is 12.1. The molecule has 2 rings (SSSR count). The second-order valence-electron chi connectivity index (χ2n) is 5.21. The Kier molecular flexibility index (Phi) is 6.19. The van der Waals surface area contributed by atoms with Gasteiger partial charge in [-0.25, -0.2) is 0 Å². The van der Waals surface area contributed by atoms with Gasteiger partial charge in [-0.1, -0.05) is 29.8 Å². The summed E-state index contributed by atoms with van der Waals surface area (Å²) >= 11 is 5.80. The quantitative estimate of drug-likeness (QED) is 0.844. The molecule has 1 amide bonds. The number of benzene rings is 2. The summed E-state index contributed by atoms with van der Waals surface area (Å²) in [5.41, 5.74) is 1.12. The Bertz CT molecular complexity index is 741. The van der Waals surface area contributed by atoms with Crippen LogP contribution in [0.2, 0.25) is 5.02 Å². The van der Waals surface area contributed by atoms with Gasteiger partial charge in [-0.15, -0.1) is 0 Å². The lowest BCUT2D eigenvalue weighted by molar-refractivity contribution is -0.127. The zero-order valence-electron chi connectivity index (χ0n) is 13.1. The lowest BCUT2D eigenvalue weighted by atomic mass is 10.1. The maximum atomic E-state index is 12.1. The Morgan fingerprint density at radius 3 is 2.71 bits per heavy atom. The van der Waals surface area contributed by atoms with Crippen LogP contribution in [-0.2, 0) is 4.79 Å². The fourth-order valence-electron chi connectivity index (χ4n) is 2.04. The van der Waals surface area contributed by atoms with Gasteiger partial charge in [0.25, 0.3) is 5.91 Å². The molecule has 0 saturated carbocycles. The first-order chi connectivity index (χ1) is 11.5. The Morgan fingerprint density at radius 2 is 2.04 bits per heavy atom. The number of amides is 1. The smallest absolute Gasteiger partial charge is 0.260 e. The summed E-state index contributed by atoms with van der Waals surface area (Å²) < 4.78 is 5.51. The first kappa shape index (κ1) is 17.8. The van der Waals surface area contributed by atoms with E-state index in [0.717, 1.165) is 0 Å². The van der Waals surface area contributed by atoms with Crippen molar-refractivity contribution in [3.8, 4) is 11.8 Å². The number of ether oxygens (including phenoxy) is 1. The molecule has 2 atom stereocenters. The SMILES string of the molecule is CC(Oc1cccc(C#N)c1)C(=O)NCC(O)c1ccc(Cl)cc1. The largest absolute Gasteiger partial charge is 0.481 e.